The van der Waals surface area contributed by atoms with Crippen LogP contribution >= 0.6 is 0 Å². The van der Waals surface area contributed by atoms with Gasteiger partial charge in [-0.15, -0.1) is 0 Å². The van der Waals surface area contributed by atoms with E-state index in [-0.39, 0.29) is 24.3 Å². The second-order valence-electron chi connectivity index (χ2n) is 6.48. The van der Waals surface area contributed by atoms with E-state index in [1.165, 1.54) is 6.07 Å². The molecule has 1 aliphatic rings. The number of nitrogens with one attached hydrogen (secondary N) is 2. The second-order valence-corrected chi connectivity index (χ2v) is 6.48. The molecule has 2 aromatic carbocycles. The van der Waals surface area contributed by atoms with Gasteiger partial charge in [0.2, 0.25) is 5.91 Å². The first kappa shape index (κ1) is 18.3. The van der Waals surface area contributed by atoms with Crippen molar-refractivity contribution in [3.8, 4) is 5.75 Å². The normalized spacial score (nSPS) is 19.8. The number of ether oxygens (including phenoxy) is 1. The van der Waals surface area contributed by atoms with Crippen molar-refractivity contribution >= 4 is 5.91 Å². The van der Waals surface area contributed by atoms with E-state index in [4.69, 9.17) is 4.74 Å². The van der Waals surface area contributed by atoms with Gasteiger partial charge in [0.1, 0.15) is 5.75 Å². The summed E-state index contributed by atoms with van der Waals surface area (Å²) in [4.78, 5) is 12.5. The number of hydrogen-bond acceptors (Lipinski definition) is 3. The average molecular weight is 360 g/mol. The van der Waals surface area contributed by atoms with Crippen molar-refractivity contribution in [2.24, 2.45) is 0 Å². The molecule has 26 heavy (non-hydrogen) atoms. The van der Waals surface area contributed by atoms with Gasteiger partial charge in [0.05, 0.1) is 13.5 Å². The summed E-state index contributed by atoms with van der Waals surface area (Å²) in [5.74, 6) is -1.18. The highest BCUT2D eigenvalue weighted by Crippen LogP contribution is 2.27. The van der Waals surface area contributed by atoms with Crippen LogP contribution in [0.4, 0.5) is 8.78 Å². The first-order valence-electron chi connectivity index (χ1n) is 8.65. The number of carbonyl (C=O) groups is 1. The summed E-state index contributed by atoms with van der Waals surface area (Å²) >= 11 is 0. The molecule has 2 aromatic rings. The smallest absolute Gasteiger partial charge is 0.224 e. The van der Waals surface area contributed by atoms with E-state index in [2.05, 4.69) is 10.6 Å². The summed E-state index contributed by atoms with van der Waals surface area (Å²) in [6.45, 7) is 1.36. The lowest BCUT2D eigenvalue weighted by Gasteiger charge is -2.33. The number of rotatable bonds is 5. The Hall–Kier alpha value is -2.47. The van der Waals surface area contributed by atoms with Gasteiger partial charge in [-0.2, -0.15) is 0 Å². The molecule has 1 saturated heterocycles. The minimum absolute atomic E-state index is 0.0550. The maximum absolute atomic E-state index is 13.6. The summed E-state index contributed by atoms with van der Waals surface area (Å²) in [6, 6.07) is 11.1. The third-order valence-electron chi connectivity index (χ3n) is 4.70. The number of piperidine rings is 1. The van der Waals surface area contributed by atoms with E-state index in [1.807, 2.05) is 24.3 Å². The van der Waals surface area contributed by atoms with Gasteiger partial charge in [-0.3, -0.25) is 4.79 Å². The third kappa shape index (κ3) is 4.38. The minimum atomic E-state index is -0.860. The first-order valence-corrected chi connectivity index (χ1v) is 8.65. The van der Waals surface area contributed by atoms with E-state index in [9.17, 15) is 13.6 Å². The summed E-state index contributed by atoms with van der Waals surface area (Å²) in [7, 11) is 1.58. The maximum Gasteiger partial charge on any atom is 0.224 e. The molecule has 0 radical (unpaired) electrons. The van der Waals surface area contributed by atoms with Gasteiger partial charge in [0.25, 0.3) is 0 Å². The summed E-state index contributed by atoms with van der Waals surface area (Å²) < 4.78 is 32.0. The number of carbonyl (C=O) groups excluding carboxylic acids is 1. The lowest BCUT2D eigenvalue weighted by molar-refractivity contribution is -0.121. The van der Waals surface area contributed by atoms with E-state index >= 15 is 0 Å². The Morgan fingerprint density at radius 1 is 1.23 bits per heavy atom. The predicted octanol–water partition coefficient (Wildman–Crippen LogP) is 2.78. The lowest BCUT2D eigenvalue weighted by atomic mass is 9.86. The zero-order valence-corrected chi connectivity index (χ0v) is 14.6. The highest BCUT2D eigenvalue weighted by Gasteiger charge is 2.28. The van der Waals surface area contributed by atoms with Crippen LogP contribution < -0.4 is 15.4 Å². The molecule has 2 N–H and O–H groups in total. The van der Waals surface area contributed by atoms with Gasteiger partial charge in [0.15, 0.2) is 11.6 Å². The van der Waals surface area contributed by atoms with Crippen molar-refractivity contribution < 1.29 is 18.3 Å². The fraction of sp³-hybridized carbons (Fsp3) is 0.350. The van der Waals surface area contributed by atoms with Gasteiger partial charge < -0.3 is 15.4 Å². The monoisotopic (exact) mass is 360 g/mol. The fourth-order valence-electron chi connectivity index (χ4n) is 3.38. The molecule has 1 aliphatic heterocycles. The molecule has 4 nitrogen and oxygen atoms in total. The van der Waals surface area contributed by atoms with Crippen LogP contribution in [0.3, 0.4) is 0 Å². The molecule has 0 aromatic heterocycles. The summed E-state index contributed by atoms with van der Waals surface area (Å²) in [6.07, 6.45) is 0.980. The van der Waals surface area contributed by atoms with E-state index < -0.39 is 11.6 Å². The molecule has 0 spiro atoms. The van der Waals surface area contributed by atoms with E-state index in [1.54, 1.807) is 13.2 Å². The summed E-state index contributed by atoms with van der Waals surface area (Å²) in [5, 5.41) is 6.27. The van der Waals surface area contributed by atoms with Gasteiger partial charge in [-0.1, -0.05) is 18.2 Å². The zero-order valence-electron chi connectivity index (χ0n) is 14.6. The Labute approximate surface area is 151 Å². The largest absolute Gasteiger partial charge is 0.497 e. The molecule has 1 fully saturated rings. The number of amides is 1. The standard InChI is InChI=1S/C20H22F2N2O2/c1-26-15-4-2-3-13(9-15)10-20(25)24-19-12-23-8-7-16(19)14-5-6-17(21)18(22)11-14/h2-6,9,11,16,19,23H,7-8,10,12H2,1H3,(H,24,25). The second kappa shape index (κ2) is 8.27. The Morgan fingerprint density at radius 2 is 2.08 bits per heavy atom. The van der Waals surface area contributed by atoms with Crippen molar-refractivity contribution in [1.29, 1.82) is 0 Å². The number of benzene rings is 2. The van der Waals surface area contributed by atoms with Crippen LogP contribution in [0.1, 0.15) is 23.5 Å². The van der Waals surface area contributed by atoms with Crippen molar-refractivity contribution in [1.82, 2.24) is 10.6 Å². The van der Waals surface area contributed by atoms with Crippen molar-refractivity contribution in [2.45, 2.75) is 24.8 Å². The minimum Gasteiger partial charge on any atom is -0.497 e. The van der Waals surface area contributed by atoms with Crippen LogP contribution in [0.5, 0.6) is 5.75 Å². The fourth-order valence-corrected chi connectivity index (χ4v) is 3.38. The van der Waals surface area contributed by atoms with Crippen LogP contribution in [-0.2, 0) is 11.2 Å². The Kier molecular flexibility index (Phi) is 5.83. The molecule has 2 atom stereocenters. The molecule has 1 amide bonds. The Balaban J connectivity index is 1.69. The van der Waals surface area contributed by atoms with Gasteiger partial charge in [0, 0.05) is 18.5 Å². The zero-order chi connectivity index (χ0) is 18.5. The number of hydrogen-bond donors (Lipinski definition) is 2. The van der Waals surface area contributed by atoms with Crippen LogP contribution in [0.25, 0.3) is 0 Å². The van der Waals surface area contributed by atoms with Gasteiger partial charge >= 0.3 is 0 Å². The van der Waals surface area contributed by atoms with E-state index in [0.29, 0.717) is 17.9 Å². The molecule has 138 valence electrons. The highest BCUT2D eigenvalue weighted by atomic mass is 19.2. The summed E-state index contributed by atoms with van der Waals surface area (Å²) in [5.41, 5.74) is 1.56. The van der Waals surface area contributed by atoms with Crippen molar-refractivity contribution in [2.75, 3.05) is 20.2 Å². The van der Waals surface area contributed by atoms with Crippen molar-refractivity contribution in [3.05, 3.63) is 65.2 Å². The number of methoxy groups -OCH3 is 1. The Morgan fingerprint density at radius 3 is 2.85 bits per heavy atom. The van der Waals surface area contributed by atoms with Crippen LogP contribution in [0.15, 0.2) is 42.5 Å². The molecule has 1 heterocycles. The van der Waals surface area contributed by atoms with Crippen LogP contribution in [0, 0.1) is 11.6 Å². The molecule has 3 rings (SSSR count). The van der Waals surface area contributed by atoms with E-state index in [0.717, 1.165) is 24.6 Å². The first-order chi connectivity index (χ1) is 12.6. The number of halogens is 2. The molecule has 0 aliphatic carbocycles. The lowest BCUT2D eigenvalue weighted by Crippen LogP contribution is -2.50. The molecular weight excluding hydrogens is 338 g/mol. The maximum atomic E-state index is 13.6. The van der Waals surface area contributed by atoms with Crippen LogP contribution in [0.2, 0.25) is 0 Å². The third-order valence-corrected chi connectivity index (χ3v) is 4.70. The molecule has 2 unspecified atom stereocenters. The topological polar surface area (TPSA) is 50.4 Å². The molecular formula is C20H22F2N2O2. The van der Waals surface area contributed by atoms with Gasteiger partial charge in [-0.05, 0) is 48.4 Å². The Bertz CT molecular complexity index is 782. The quantitative estimate of drug-likeness (QED) is 0.862. The molecule has 6 heteroatoms. The SMILES string of the molecule is COc1cccc(CC(=O)NC2CNCCC2c2ccc(F)c(F)c2)c1. The average Bonchev–Trinajstić information content (AvgIpc) is 2.64. The van der Waals surface area contributed by atoms with Gasteiger partial charge in [-0.25, -0.2) is 8.78 Å². The molecule has 0 saturated carbocycles. The van der Waals surface area contributed by atoms with Crippen molar-refractivity contribution in [3.63, 3.8) is 0 Å². The van der Waals surface area contributed by atoms with Crippen LogP contribution in [-0.4, -0.2) is 32.1 Å². The molecule has 0 bridgehead atoms. The highest BCUT2D eigenvalue weighted by molar-refractivity contribution is 5.79. The predicted molar refractivity (Wildman–Crippen MR) is 95.2 cm³/mol.